The highest BCUT2D eigenvalue weighted by atomic mass is 35.5. The van der Waals surface area contributed by atoms with Crippen molar-refractivity contribution in [3.8, 4) is 11.5 Å². The van der Waals surface area contributed by atoms with Crippen molar-refractivity contribution < 1.29 is 24.2 Å². The minimum absolute atomic E-state index is 0.306. The summed E-state index contributed by atoms with van der Waals surface area (Å²) in [5, 5.41) is 12.5. The fourth-order valence-corrected chi connectivity index (χ4v) is 3.39. The van der Waals surface area contributed by atoms with E-state index >= 15 is 0 Å². The predicted molar refractivity (Wildman–Crippen MR) is 90.8 cm³/mol. The molecule has 1 aromatic rings. The van der Waals surface area contributed by atoms with Crippen LogP contribution in [0.5, 0.6) is 11.5 Å². The quantitative estimate of drug-likeness (QED) is 0.845. The number of carbonyl (C=O) groups is 2. The summed E-state index contributed by atoms with van der Waals surface area (Å²) in [6.07, 6.45) is 1.90. The first kappa shape index (κ1) is 18.4. The molecule has 3 atom stereocenters. The third kappa shape index (κ3) is 3.93. The molecule has 1 aromatic carbocycles. The number of ether oxygens (including phenoxy) is 2. The van der Waals surface area contributed by atoms with Crippen LogP contribution in [0.4, 0.5) is 5.69 Å². The van der Waals surface area contributed by atoms with Gasteiger partial charge in [-0.25, -0.2) is 0 Å². The maximum Gasteiger partial charge on any atom is 0.307 e. The molecule has 1 amide bonds. The van der Waals surface area contributed by atoms with Gasteiger partial charge >= 0.3 is 5.97 Å². The van der Waals surface area contributed by atoms with Crippen molar-refractivity contribution >= 4 is 29.2 Å². The van der Waals surface area contributed by atoms with Crippen LogP contribution in [0.15, 0.2) is 12.1 Å². The zero-order valence-electron chi connectivity index (χ0n) is 14.0. The van der Waals surface area contributed by atoms with E-state index in [0.29, 0.717) is 41.0 Å². The van der Waals surface area contributed by atoms with E-state index in [1.807, 2.05) is 6.92 Å². The molecule has 0 heterocycles. The summed E-state index contributed by atoms with van der Waals surface area (Å²) in [6, 6.07) is 3.12. The van der Waals surface area contributed by atoms with Gasteiger partial charge in [0.15, 0.2) is 0 Å². The smallest absolute Gasteiger partial charge is 0.307 e. The van der Waals surface area contributed by atoms with Gasteiger partial charge in [0.1, 0.15) is 11.5 Å². The van der Waals surface area contributed by atoms with Crippen LogP contribution in [-0.2, 0) is 9.59 Å². The zero-order chi connectivity index (χ0) is 17.9. The molecule has 1 aliphatic carbocycles. The normalized spacial score (nSPS) is 23.4. The molecule has 0 saturated heterocycles. The summed E-state index contributed by atoms with van der Waals surface area (Å²) in [5.41, 5.74) is 0.399. The first-order valence-corrected chi connectivity index (χ1v) is 8.20. The van der Waals surface area contributed by atoms with E-state index in [0.717, 1.165) is 6.42 Å². The van der Waals surface area contributed by atoms with Crippen LogP contribution in [0.2, 0.25) is 5.02 Å². The number of methoxy groups -OCH3 is 2. The Hall–Kier alpha value is -1.95. The minimum atomic E-state index is -0.929. The zero-order valence-corrected chi connectivity index (χ0v) is 14.7. The number of hydrogen-bond acceptors (Lipinski definition) is 4. The number of benzene rings is 1. The second kappa shape index (κ2) is 7.75. The van der Waals surface area contributed by atoms with Crippen molar-refractivity contribution in [3.05, 3.63) is 17.2 Å². The summed E-state index contributed by atoms with van der Waals surface area (Å²) >= 11 is 6.10. The first-order valence-electron chi connectivity index (χ1n) is 7.82. The lowest BCUT2D eigenvalue weighted by Gasteiger charge is -2.31. The molecule has 0 spiro atoms. The van der Waals surface area contributed by atoms with Gasteiger partial charge in [0, 0.05) is 6.07 Å². The molecule has 6 nitrogen and oxygen atoms in total. The van der Waals surface area contributed by atoms with Crippen molar-refractivity contribution in [1.82, 2.24) is 0 Å². The third-order valence-electron chi connectivity index (χ3n) is 4.50. The van der Waals surface area contributed by atoms with Gasteiger partial charge in [0.2, 0.25) is 5.91 Å². The maximum absolute atomic E-state index is 12.6. The van der Waals surface area contributed by atoms with Gasteiger partial charge in [-0.2, -0.15) is 0 Å². The first-order chi connectivity index (χ1) is 11.4. The molecule has 24 heavy (non-hydrogen) atoms. The molecule has 0 aliphatic heterocycles. The van der Waals surface area contributed by atoms with Crippen LogP contribution >= 0.6 is 11.6 Å². The van der Waals surface area contributed by atoms with Gasteiger partial charge in [-0.05, 0) is 31.2 Å². The molecule has 7 heteroatoms. The van der Waals surface area contributed by atoms with Gasteiger partial charge in [-0.15, -0.1) is 0 Å². The van der Waals surface area contributed by atoms with Crippen molar-refractivity contribution in [2.24, 2.45) is 17.8 Å². The SMILES string of the molecule is COc1cc(OC)c(NC(=O)C2CCC(C)CC2C(=O)O)cc1Cl. The molecule has 3 unspecified atom stereocenters. The van der Waals surface area contributed by atoms with Crippen molar-refractivity contribution in [2.45, 2.75) is 26.2 Å². The van der Waals surface area contributed by atoms with Gasteiger partial charge < -0.3 is 19.9 Å². The Bertz CT molecular complexity index is 634. The number of aliphatic carboxylic acids is 1. The number of carbonyl (C=O) groups excluding carboxylic acids is 1. The third-order valence-corrected chi connectivity index (χ3v) is 4.79. The molecule has 1 saturated carbocycles. The number of carboxylic acid groups (broad SMARTS) is 1. The second-order valence-electron chi connectivity index (χ2n) is 6.15. The molecular weight excluding hydrogens is 334 g/mol. The second-order valence-corrected chi connectivity index (χ2v) is 6.55. The monoisotopic (exact) mass is 355 g/mol. The molecule has 0 aromatic heterocycles. The van der Waals surface area contributed by atoms with E-state index in [2.05, 4.69) is 5.32 Å². The summed E-state index contributed by atoms with van der Waals surface area (Å²) in [5.74, 6) is -1.35. The van der Waals surface area contributed by atoms with Gasteiger partial charge in [0.25, 0.3) is 0 Å². The molecule has 1 fully saturated rings. The molecular formula is C17H22ClNO5. The van der Waals surface area contributed by atoms with E-state index in [-0.39, 0.29) is 5.91 Å². The molecule has 2 N–H and O–H groups in total. The highest BCUT2D eigenvalue weighted by Crippen LogP contribution is 2.38. The van der Waals surface area contributed by atoms with Crippen LogP contribution in [0.1, 0.15) is 26.2 Å². The number of rotatable bonds is 5. The van der Waals surface area contributed by atoms with Crippen molar-refractivity contribution in [3.63, 3.8) is 0 Å². The summed E-state index contributed by atoms with van der Waals surface area (Å²) in [4.78, 5) is 24.1. The van der Waals surface area contributed by atoms with E-state index in [1.165, 1.54) is 14.2 Å². The lowest BCUT2D eigenvalue weighted by molar-refractivity contribution is -0.148. The van der Waals surface area contributed by atoms with Crippen LogP contribution < -0.4 is 14.8 Å². The van der Waals surface area contributed by atoms with Crippen LogP contribution in [0.3, 0.4) is 0 Å². The van der Waals surface area contributed by atoms with Gasteiger partial charge in [-0.3, -0.25) is 9.59 Å². The standard InChI is InChI=1S/C17H22ClNO5/c1-9-4-5-10(11(6-9)17(21)22)16(20)19-13-7-12(18)14(23-2)8-15(13)24-3/h7-11H,4-6H2,1-3H3,(H,19,20)(H,21,22). The Morgan fingerprint density at radius 3 is 2.42 bits per heavy atom. The number of nitrogens with one attached hydrogen (secondary N) is 1. The summed E-state index contributed by atoms with van der Waals surface area (Å²) in [6.45, 7) is 2.01. The highest BCUT2D eigenvalue weighted by Gasteiger charge is 2.38. The summed E-state index contributed by atoms with van der Waals surface area (Å²) < 4.78 is 10.4. The predicted octanol–water partition coefficient (Wildman–Crippen LogP) is 3.43. The van der Waals surface area contributed by atoms with E-state index < -0.39 is 17.8 Å². The molecule has 0 bridgehead atoms. The summed E-state index contributed by atoms with van der Waals surface area (Å²) in [7, 11) is 2.96. The van der Waals surface area contributed by atoms with E-state index in [4.69, 9.17) is 21.1 Å². The van der Waals surface area contributed by atoms with Crippen LogP contribution in [-0.4, -0.2) is 31.2 Å². The Balaban J connectivity index is 2.22. The lowest BCUT2D eigenvalue weighted by atomic mass is 9.74. The number of anilines is 1. The average molecular weight is 356 g/mol. The fraction of sp³-hybridized carbons (Fsp3) is 0.529. The molecule has 0 radical (unpaired) electrons. The number of carboxylic acids is 1. The Labute approximate surface area is 146 Å². The number of halogens is 1. The van der Waals surface area contributed by atoms with Crippen molar-refractivity contribution in [2.75, 3.05) is 19.5 Å². The molecule has 2 rings (SSSR count). The van der Waals surface area contributed by atoms with Crippen LogP contribution in [0, 0.1) is 17.8 Å². The fourth-order valence-electron chi connectivity index (χ4n) is 3.15. The lowest BCUT2D eigenvalue weighted by Crippen LogP contribution is -2.38. The Morgan fingerprint density at radius 2 is 1.83 bits per heavy atom. The maximum atomic E-state index is 12.6. The van der Waals surface area contributed by atoms with Gasteiger partial charge in [-0.1, -0.05) is 18.5 Å². The van der Waals surface area contributed by atoms with Crippen LogP contribution in [0.25, 0.3) is 0 Å². The number of amides is 1. The molecule has 1 aliphatic rings. The van der Waals surface area contributed by atoms with Gasteiger partial charge in [0.05, 0.1) is 36.8 Å². The van der Waals surface area contributed by atoms with Crippen molar-refractivity contribution in [1.29, 1.82) is 0 Å². The molecule has 132 valence electrons. The average Bonchev–Trinajstić information content (AvgIpc) is 2.54. The minimum Gasteiger partial charge on any atom is -0.495 e. The topological polar surface area (TPSA) is 84.9 Å². The largest absolute Gasteiger partial charge is 0.495 e. The Morgan fingerprint density at radius 1 is 1.17 bits per heavy atom. The highest BCUT2D eigenvalue weighted by molar-refractivity contribution is 6.32. The van der Waals surface area contributed by atoms with E-state index in [9.17, 15) is 14.7 Å². The number of hydrogen-bond donors (Lipinski definition) is 2. The van der Waals surface area contributed by atoms with E-state index in [1.54, 1.807) is 12.1 Å². The Kier molecular flexibility index (Phi) is 5.94.